The van der Waals surface area contributed by atoms with Gasteiger partial charge in [-0.3, -0.25) is 0 Å². The molecule has 0 bridgehead atoms. The van der Waals surface area contributed by atoms with Crippen molar-refractivity contribution in [2.45, 2.75) is 52.9 Å². The van der Waals surface area contributed by atoms with Gasteiger partial charge in [0.05, 0.1) is 0 Å². The minimum Gasteiger partial charge on any atom is -0.396 e. The Morgan fingerprint density at radius 1 is 0.929 bits per heavy atom. The molecule has 0 fully saturated rings. The van der Waals surface area contributed by atoms with Crippen LogP contribution in [0.4, 0.5) is 0 Å². The van der Waals surface area contributed by atoms with E-state index in [0.717, 1.165) is 32.5 Å². The van der Waals surface area contributed by atoms with Gasteiger partial charge in [0, 0.05) is 19.3 Å². The normalized spacial score (nSPS) is 11.1. The van der Waals surface area contributed by atoms with Crippen molar-refractivity contribution in [2.75, 3.05) is 13.2 Å². The third-order valence-corrected chi connectivity index (χ3v) is 3.97. The molecule has 0 aromatic heterocycles. The van der Waals surface area contributed by atoms with E-state index in [0.29, 0.717) is 0 Å². The van der Waals surface area contributed by atoms with E-state index in [2.05, 4.69) is 26.8 Å². The summed E-state index contributed by atoms with van der Waals surface area (Å²) in [7, 11) is -1.42. The van der Waals surface area contributed by atoms with Crippen LogP contribution < -0.4 is 0 Å². The first-order valence-electron chi connectivity index (χ1n) is 5.91. The number of hydrogen-bond donors (Lipinski definition) is 0. The maximum absolute atomic E-state index is 5.73. The van der Waals surface area contributed by atoms with E-state index in [-0.39, 0.29) is 0 Å². The molecule has 0 unspecified atom stereocenters. The second-order valence-electron chi connectivity index (χ2n) is 3.46. The average Bonchev–Trinajstić information content (AvgIpc) is 2.18. The lowest BCUT2D eigenvalue weighted by Gasteiger charge is -2.15. The van der Waals surface area contributed by atoms with Crippen LogP contribution in [0, 0.1) is 6.04 Å². The molecule has 0 rings (SSSR count). The first-order chi connectivity index (χ1) is 6.85. The predicted molar refractivity (Wildman–Crippen MR) is 63.5 cm³/mol. The van der Waals surface area contributed by atoms with Gasteiger partial charge in [-0.15, -0.1) is 0 Å². The summed E-state index contributed by atoms with van der Waals surface area (Å²) in [6.07, 6.45) is 5.76. The Kier molecular flexibility index (Phi) is 11.3. The summed E-state index contributed by atoms with van der Waals surface area (Å²) in [5, 5.41) is 0. The molecular weight excluding hydrogens is 192 g/mol. The van der Waals surface area contributed by atoms with E-state index in [1.54, 1.807) is 0 Å². The fourth-order valence-corrected chi connectivity index (χ4v) is 2.62. The fraction of sp³-hybridized carbons (Fsp3) is 0.909. The molecule has 0 atom stereocenters. The Labute approximate surface area is 90.8 Å². The molecule has 1 radical (unpaired) electrons. The molecule has 0 aliphatic rings. The predicted octanol–water partition coefficient (Wildman–Crippen LogP) is 2.99. The summed E-state index contributed by atoms with van der Waals surface area (Å²) in [4.78, 5) is 0. The van der Waals surface area contributed by atoms with Crippen molar-refractivity contribution in [3.8, 4) is 0 Å². The Balaban J connectivity index is 3.44. The van der Waals surface area contributed by atoms with Gasteiger partial charge in [-0.25, -0.2) is 0 Å². The summed E-state index contributed by atoms with van der Waals surface area (Å²) >= 11 is 0. The molecule has 0 saturated heterocycles. The monoisotopic (exact) mass is 217 g/mol. The van der Waals surface area contributed by atoms with Crippen molar-refractivity contribution in [1.82, 2.24) is 0 Å². The Morgan fingerprint density at radius 3 is 1.79 bits per heavy atom. The van der Waals surface area contributed by atoms with E-state index in [4.69, 9.17) is 8.85 Å². The van der Waals surface area contributed by atoms with Crippen LogP contribution in [-0.4, -0.2) is 22.5 Å². The highest BCUT2D eigenvalue weighted by atomic mass is 28.3. The fourth-order valence-electron chi connectivity index (χ4n) is 1.06. The zero-order valence-electron chi connectivity index (χ0n) is 9.92. The van der Waals surface area contributed by atoms with Crippen LogP contribution in [-0.2, 0) is 8.85 Å². The largest absolute Gasteiger partial charge is 0.396 e. The summed E-state index contributed by atoms with van der Waals surface area (Å²) in [5.41, 5.74) is 0. The number of unbranched alkanes of at least 4 members (excludes halogenated alkanes) is 2. The van der Waals surface area contributed by atoms with Crippen LogP contribution in [0.25, 0.3) is 0 Å². The summed E-state index contributed by atoms with van der Waals surface area (Å²) in [6, 6.07) is 2.23. The number of hydrogen-bond acceptors (Lipinski definition) is 2. The molecule has 0 aliphatic heterocycles. The Morgan fingerprint density at radius 2 is 1.43 bits per heavy atom. The SMILES string of the molecule is CC[CH][SiH](OCCCC)OCCCC. The molecule has 3 heteroatoms. The van der Waals surface area contributed by atoms with E-state index < -0.39 is 9.28 Å². The van der Waals surface area contributed by atoms with Gasteiger partial charge in [0.2, 0.25) is 0 Å². The summed E-state index contributed by atoms with van der Waals surface area (Å²) in [6.45, 7) is 8.25. The topological polar surface area (TPSA) is 18.5 Å². The molecule has 0 aliphatic carbocycles. The maximum Gasteiger partial charge on any atom is 0.324 e. The van der Waals surface area contributed by atoms with Crippen molar-refractivity contribution < 1.29 is 8.85 Å². The van der Waals surface area contributed by atoms with Gasteiger partial charge < -0.3 is 8.85 Å². The molecule has 2 nitrogen and oxygen atoms in total. The van der Waals surface area contributed by atoms with Crippen LogP contribution in [0.3, 0.4) is 0 Å². The van der Waals surface area contributed by atoms with Crippen LogP contribution in [0.15, 0.2) is 0 Å². The molecule has 0 N–H and O–H groups in total. The van der Waals surface area contributed by atoms with Crippen LogP contribution in [0.5, 0.6) is 0 Å². The highest BCUT2D eigenvalue weighted by molar-refractivity contribution is 6.48. The minimum atomic E-state index is -1.42. The standard InChI is InChI=1S/C11H25O2Si/c1-4-7-9-12-14(11-6-3)13-10-8-5-2/h11,14H,4-10H2,1-3H3. The lowest BCUT2D eigenvalue weighted by Crippen LogP contribution is -2.25. The maximum atomic E-state index is 5.73. The van der Waals surface area contributed by atoms with Crippen molar-refractivity contribution >= 4 is 9.28 Å². The first-order valence-corrected chi connectivity index (χ1v) is 7.52. The third-order valence-electron chi connectivity index (χ3n) is 1.99. The van der Waals surface area contributed by atoms with Gasteiger partial charge in [-0.2, -0.15) is 0 Å². The van der Waals surface area contributed by atoms with Crippen LogP contribution in [0.1, 0.15) is 52.9 Å². The van der Waals surface area contributed by atoms with Crippen LogP contribution >= 0.6 is 0 Å². The van der Waals surface area contributed by atoms with E-state index in [1.165, 1.54) is 12.8 Å². The van der Waals surface area contributed by atoms with Gasteiger partial charge in [0.1, 0.15) is 0 Å². The van der Waals surface area contributed by atoms with E-state index in [1.807, 2.05) is 0 Å². The molecule has 85 valence electrons. The summed E-state index contributed by atoms with van der Waals surface area (Å²) in [5.74, 6) is 0. The molecule has 0 amide bonds. The second kappa shape index (κ2) is 11.2. The molecule has 0 saturated carbocycles. The summed E-state index contributed by atoms with van der Waals surface area (Å²) < 4.78 is 11.5. The van der Waals surface area contributed by atoms with Gasteiger partial charge in [0.25, 0.3) is 0 Å². The van der Waals surface area contributed by atoms with Gasteiger partial charge in [-0.1, -0.05) is 40.0 Å². The lowest BCUT2D eigenvalue weighted by molar-refractivity contribution is 0.197. The molecule has 0 aromatic carbocycles. The zero-order chi connectivity index (χ0) is 10.6. The molecule has 0 aromatic rings. The smallest absolute Gasteiger partial charge is 0.324 e. The average molecular weight is 217 g/mol. The molecule has 14 heavy (non-hydrogen) atoms. The second-order valence-corrected chi connectivity index (χ2v) is 5.34. The minimum absolute atomic E-state index is 0.871. The number of rotatable bonds is 10. The van der Waals surface area contributed by atoms with Crippen molar-refractivity contribution in [3.63, 3.8) is 0 Å². The van der Waals surface area contributed by atoms with Crippen molar-refractivity contribution in [3.05, 3.63) is 6.04 Å². The zero-order valence-corrected chi connectivity index (χ0v) is 11.1. The molecule has 0 spiro atoms. The Hall–Kier alpha value is 0.137. The lowest BCUT2D eigenvalue weighted by atomic mass is 10.4. The van der Waals surface area contributed by atoms with E-state index in [9.17, 15) is 0 Å². The first kappa shape index (κ1) is 14.1. The van der Waals surface area contributed by atoms with Gasteiger partial charge >= 0.3 is 9.28 Å². The van der Waals surface area contributed by atoms with Gasteiger partial charge in [0.15, 0.2) is 0 Å². The third kappa shape index (κ3) is 8.72. The van der Waals surface area contributed by atoms with E-state index >= 15 is 0 Å². The quantitative estimate of drug-likeness (QED) is 0.414. The van der Waals surface area contributed by atoms with Crippen molar-refractivity contribution in [1.29, 1.82) is 0 Å². The molecule has 0 heterocycles. The Bertz CT molecular complexity index is 99.5. The van der Waals surface area contributed by atoms with Crippen LogP contribution in [0.2, 0.25) is 0 Å². The van der Waals surface area contributed by atoms with Gasteiger partial charge in [-0.05, 0) is 12.8 Å². The highest BCUT2D eigenvalue weighted by Crippen LogP contribution is 2.01. The molecular formula is C11H25O2Si. The van der Waals surface area contributed by atoms with Crippen molar-refractivity contribution in [2.24, 2.45) is 0 Å². The highest BCUT2D eigenvalue weighted by Gasteiger charge is 2.11.